The standard InChI is InChI=1S/C19H19NO3/c21-14-15-8-10-16(11-9-15)18(17-5-4-12-20-13-17)6-2-1-3-7-19(22)23/h4-6,8-14H,1-3,7H2,(H,22,23). The highest BCUT2D eigenvalue weighted by Crippen LogP contribution is 2.24. The van der Waals surface area contributed by atoms with Crippen molar-refractivity contribution in [2.75, 3.05) is 0 Å². The Hall–Kier alpha value is -2.75. The number of hydrogen-bond acceptors (Lipinski definition) is 3. The largest absolute Gasteiger partial charge is 0.481 e. The van der Waals surface area contributed by atoms with Gasteiger partial charge in [0.25, 0.3) is 0 Å². The van der Waals surface area contributed by atoms with Gasteiger partial charge in [-0.3, -0.25) is 14.6 Å². The highest BCUT2D eigenvalue weighted by Gasteiger charge is 2.05. The zero-order valence-electron chi connectivity index (χ0n) is 12.8. The summed E-state index contributed by atoms with van der Waals surface area (Å²) in [4.78, 5) is 25.5. The van der Waals surface area contributed by atoms with Crippen LogP contribution in [0.25, 0.3) is 5.57 Å². The average Bonchev–Trinajstić information content (AvgIpc) is 2.59. The smallest absolute Gasteiger partial charge is 0.303 e. The first-order valence-electron chi connectivity index (χ1n) is 7.58. The van der Waals surface area contributed by atoms with Crippen molar-refractivity contribution in [2.45, 2.75) is 25.7 Å². The molecule has 0 unspecified atom stereocenters. The average molecular weight is 309 g/mol. The number of rotatable bonds is 8. The van der Waals surface area contributed by atoms with Crippen LogP contribution in [0.4, 0.5) is 0 Å². The molecule has 1 aromatic carbocycles. The maximum absolute atomic E-state index is 10.8. The number of unbranched alkanes of at least 4 members (excludes halogenated alkanes) is 2. The lowest BCUT2D eigenvalue weighted by atomic mass is 9.96. The van der Waals surface area contributed by atoms with Crippen LogP contribution < -0.4 is 0 Å². The fraction of sp³-hybridized carbons (Fsp3) is 0.211. The van der Waals surface area contributed by atoms with Gasteiger partial charge in [-0.05, 0) is 36.5 Å². The van der Waals surface area contributed by atoms with Crippen molar-refractivity contribution in [3.63, 3.8) is 0 Å². The van der Waals surface area contributed by atoms with Gasteiger partial charge in [0.1, 0.15) is 6.29 Å². The van der Waals surface area contributed by atoms with Crippen LogP contribution in [0.15, 0.2) is 54.9 Å². The van der Waals surface area contributed by atoms with E-state index in [2.05, 4.69) is 11.1 Å². The summed E-state index contributed by atoms with van der Waals surface area (Å²) in [6, 6.07) is 11.3. The van der Waals surface area contributed by atoms with Gasteiger partial charge in [0.15, 0.2) is 0 Å². The van der Waals surface area contributed by atoms with Crippen molar-refractivity contribution < 1.29 is 14.7 Å². The second-order valence-corrected chi connectivity index (χ2v) is 5.24. The molecule has 0 aliphatic heterocycles. The van der Waals surface area contributed by atoms with Crippen molar-refractivity contribution in [3.05, 3.63) is 71.6 Å². The van der Waals surface area contributed by atoms with Gasteiger partial charge in [-0.25, -0.2) is 0 Å². The zero-order valence-corrected chi connectivity index (χ0v) is 12.8. The third-order valence-electron chi connectivity index (χ3n) is 3.52. The molecule has 0 bridgehead atoms. The fourth-order valence-electron chi connectivity index (χ4n) is 2.33. The molecule has 2 rings (SSSR count). The molecule has 0 amide bonds. The molecule has 0 saturated heterocycles. The number of aldehydes is 1. The Morgan fingerprint density at radius 1 is 1.09 bits per heavy atom. The first-order chi connectivity index (χ1) is 11.2. The van der Waals surface area contributed by atoms with Gasteiger partial charge in [-0.2, -0.15) is 0 Å². The van der Waals surface area contributed by atoms with Gasteiger partial charge in [-0.15, -0.1) is 0 Å². The normalized spacial score (nSPS) is 11.2. The number of aromatic nitrogens is 1. The highest BCUT2D eigenvalue weighted by molar-refractivity contribution is 5.81. The quantitative estimate of drug-likeness (QED) is 0.592. The summed E-state index contributed by atoms with van der Waals surface area (Å²) in [7, 11) is 0. The maximum atomic E-state index is 10.8. The van der Waals surface area contributed by atoms with Gasteiger partial charge < -0.3 is 5.11 Å². The zero-order chi connectivity index (χ0) is 16.5. The van der Waals surface area contributed by atoms with E-state index in [1.807, 2.05) is 24.3 Å². The second kappa shape index (κ2) is 8.63. The predicted molar refractivity (Wildman–Crippen MR) is 89.2 cm³/mol. The molecule has 0 radical (unpaired) electrons. The first kappa shape index (κ1) is 16.6. The van der Waals surface area contributed by atoms with Crippen LogP contribution in [0, 0.1) is 0 Å². The summed E-state index contributed by atoms with van der Waals surface area (Å²) in [6.45, 7) is 0. The first-order valence-corrected chi connectivity index (χ1v) is 7.58. The van der Waals surface area contributed by atoms with E-state index in [0.29, 0.717) is 12.0 Å². The van der Waals surface area contributed by atoms with E-state index in [9.17, 15) is 9.59 Å². The number of carbonyl (C=O) groups excluding carboxylic acids is 1. The molecule has 2 aromatic rings. The molecule has 118 valence electrons. The van der Waals surface area contributed by atoms with E-state index in [4.69, 9.17) is 5.11 Å². The topological polar surface area (TPSA) is 67.3 Å². The summed E-state index contributed by atoms with van der Waals surface area (Å²) in [6.07, 6.45) is 8.94. The molecule has 0 aliphatic carbocycles. The molecule has 0 fully saturated rings. The summed E-state index contributed by atoms with van der Waals surface area (Å²) in [5.74, 6) is -0.758. The van der Waals surface area contributed by atoms with Crippen LogP contribution in [-0.4, -0.2) is 22.3 Å². The SMILES string of the molecule is O=Cc1ccc(C(=CCCCCC(=O)O)c2cccnc2)cc1. The Labute approximate surface area is 135 Å². The highest BCUT2D eigenvalue weighted by atomic mass is 16.4. The maximum Gasteiger partial charge on any atom is 0.303 e. The lowest BCUT2D eigenvalue weighted by Crippen LogP contribution is -1.94. The predicted octanol–water partition coefficient (Wildman–Crippen LogP) is 3.97. The Morgan fingerprint density at radius 3 is 2.48 bits per heavy atom. The Kier molecular flexibility index (Phi) is 6.24. The van der Waals surface area contributed by atoms with E-state index in [1.54, 1.807) is 24.5 Å². The van der Waals surface area contributed by atoms with Crippen molar-refractivity contribution >= 4 is 17.8 Å². The van der Waals surface area contributed by atoms with Crippen LogP contribution in [0.3, 0.4) is 0 Å². The van der Waals surface area contributed by atoms with Crippen LogP contribution in [0.2, 0.25) is 0 Å². The van der Waals surface area contributed by atoms with Crippen LogP contribution in [0.1, 0.15) is 47.2 Å². The lowest BCUT2D eigenvalue weighted by molar-refractivity contribution is -0.137. The van der Waals surface area contributed by atoms with Gasteiger partial charge in [0.05, 0.1) is 0 Å². The third kappa shape index (κ3) is 5.18. The summed E-state index contributed by atoms with van der Waals surface area (Å²) in [5.41, 5.74) is 3.71. The Morgan fingerprint density at radius 2 is 1.87 bits per heavy atom. The van der Waals surface area contributed by atoms with E-state index in [0.717, 1.165) is 35.8 Å². The third-order valence-corrected chi connectivity index (χ3v) is 3.52. The Bertz CT molecular complexity index is 676. The molecule has 1 aromatic heterocycles. The van der Waals surface area contributed by atoms with Crippen molar-refractivity contribution in [1.82, 2.24) is 4.98 Å². The molecule has 0 aliphatic rings. The molecular weight excluding hydrogens is 290 g/mol. The fourth-order valence-corrected chi connectivity index (χ4v) is 2.33. The number of benzene rings is 1. The summed E-state index contributed by atoms with van der Waals surface area (Å²) in [5, 5.41) is 8.68. The van der Waals surface area contributed by atoms with Gasteiger partial charge in [0, 0.05) is 29.9 Å². The van der Waals surface area contributed by atoms with E-state index >= 15 is 0 Å². The van der Waals surface area contributed by atoms with E-state index < -0.39 is 5.97 Å². The monoisotopic (exact) mass is 309 g/mol. The minimum atomic E-state index is -0.758. The number of allylic oxidation sites excluding steroid dienone is 1. The van der Waals surface area contributed by atoms with Gasteiger partial charge in [0.2, 0.25) is 0 Å². The van der Waals surface area contributed by atoms with E-state index in [1.165, 1.54) is 0 Å². The number of carboxylic acids is 1. The molecule has 4 heteroatoms. The van der Waals surface area contributed by atoms with Crippen molar-refractivity contribution in [1.29, 1.82) is 0 Å². The minimum Gasteiger partial charge on any atom is -0.481 e. The molecule has 23 heavy (non-hydrogen) atoms. The van der Waals surface area contributed by atoms with Gasteiger partial charge >= 0.3 is 5.97 Å². The number of carbonyl (C=O) groups is 2. The van der Waals surface area contributed by atoms with Crippen molar-refractivity contribution in [2.24, 2.45) is 0 Å². The number of aliphatic carboxylic acids is 1. The molecular formula is C19H19NO3. The summed E-state index contributed by atoms with van der Waals surface area (Å²) >= 11 is 0. The molecule has 0 saturated carbocycles. The minimum absolute atomic E-state index is 0.199. The van der Waals surface area contributed by atoms with E-state index in [-0.39, 0.29) is 6.42 Å². The number of pyridine rings is 1. The van der Waals surface area contributed by atoms with Crippen LogP contribution >= 0.6 is 0 Å². The van der Waals surface area contributed by atoms with Gasteiger partial charge in [-0.1, -0.05) is 36.4 Å². The molecule has 0 atom stereocenters. The number of nitrogens with zero attached hydrogens (tertiary/aromatic N) is 1. The Balaban J connectivity index is 2.17. The second-order valence-electron chi connectivity index (χ2n) is 5.24. The molecule has 4 nitrogen and oxygen atoms in total. The molecule has 1 N–H and O–H groups in total. The molecule has 1 heterocycles. The van der Waals surface area contributed by atoms with Crippen molar-refractivity contribution in [3.8, 4) is 0 Å². The van der Waals surface area contributed by atoms with Crippen LogP contribution in [-0.2, 0) is 4.79 Å². The number of carboxylic acid groups (broad SMARTS) is 1. The summed E-state index contributed by atoms with van der Waals surface area (Å²) < 4.78 is 0. The lowest BCUT2D eigenvalue weighted by Gasteiger charge is -2.09. The number of hydrogen-bond donors (Lipinski definition) is 1. The molecule has 0 spiro atoms. The van der Waals surface area contributed by atoms with Crippen LogP contribution in [0.5, 0.6) is 0 Å².